The van der Waals surface area contributed by atoms with Gasteiger partial charge in [0.25, 0.3) is 0 Å². The third kappa shape index (κ3) is 4.30. The molecule has 1 saturated carbocycles. The molecule has 0 aliphatic heterocycles. The minimum atomic E-state index is 0.122. The molecule has 1 amide bonds. The van der Waals surface area contributed by atoms with E-state index >= 15 is 0 Å². The lowest BCUT2D eigenvalue weighted by molar-refractivity contribution is -0.121. The van der Waals surface area contributed by atoms with Crippen LogP contribution in [0, 0.1) is 11.3 Å². The van der Waals surface area contributed by atoms with Crippen molar-refractivity contribution in [1.29, 1.82) is 0 Å². The molecule has 1 atom stereocenters. The van der Waals surface area contributed by atoms with E-state index in [1.54, 1.807) is 0 Å². The van der Waals surface area contributed by atoms with Crippen LogP contribution in [0.3, 0.4) is 0 Å². The van der Waals surface area contributed by atoms with Crippen molar-refractivity contribution in [3.05, 3.63) is 0 Å². The van der Waals surface area contributed by atoms with Crippen molar-refractivity contribution in [2.45, 2.75) is 59.4 Å². The monoisotopic (exact) mass is 240 g/mol. The summed E-state index contributed by atoms with van der Waals surface area (Å²) in [4.78, 5) is 11.7. The number of hydrogen-bond acceptors (Lipinski definition) is 2. The highest BCUT2D eigenvalue weighted by molar-refractivity contribution is 5.78. The van der Waals surface area contributed by atoms with Gasteiger partial charge in [-0.25, -0.2) is 0 Å². The topological polar surface area (TPSA) is 41.1 Å². The first-order valence-electron chi connectivity index (χ1n) is 6.99. The minimum absolute atomic E-state index is 0.122. The van der Waals surface area contributed by atoms with Gasteiger partial charge in [0.15, 0.2) is 0 Å². The summed E-state index contributed by atoms with van der Waals surface area (Å²) in [5, 5.41) is 6.33. The first-order chi connectivity index (χ1) is 7.99. The van der Waals surface area contributed by atoms with Gasteiger partial charge in [0, 0.05) is 12.6 Å². The normalized spacial score (nSPS) is 19.8. The summed E-state index contributed by atoms with van der Waals surface area (Å²) in [5.41, 5.74) is 0.490. The van der Waals surface area contributed by atoms with Gasteiger partial charge in [-0.1, -0.05) is 27.2 Å². The van der Waals surface area contributed by atoms with Crippen molar-refractivity contribution in [2.75, 3.05) is 13.1 Å². The summed E-state index contributed by atoms with van der Waals surface area (Å²) in [6.07, 6.45) is 5.22. The van der Waals surface area contributed by atoms with Crippen LogP contribution in [0.4, 0.5) is 0 Å². The molecule has 0 aromatic heterocycles. The molecule has 1 fully saturated rings. The number of amides is 1. The summed E-state index contributed by atoms with van der Waals surface area (Å²) >= 11 is 0. The second-order valence-electron chi connectivity index (χ2n) is 5.91. The quantitative estimate of drug-likeness (QED) is 0.717. The predicted octanol–water partition coefficient (Wildman–Crippen LogP) is 2.32. The molecular weight excluding hydrogens is 212 g/mol. The van der Waals surface area contributed by atoms with Crippen molar-refractivity contribution in [3.8, 4) is 0 Å². The molecule has 0 aromatic carbocycles. The van der Waals surface area contributed by atoms with E-state index in [0.717, 1.165) is 6.54 Å². The third-order valence-electron chi connectivity index (χ3n) is 4.34. The van der Waals surface area contributed by atoms with E-state index in [1.165, 1.54) is 25.7 Å². The molecular formula is C14H28N2O. The molecule has 1 aliphatic rings. The van der Waals surface area contributed by atoms with Gasteiger partial charge in [-0.05, 0) is 37.5 Å². The summed E-state index contributed by atoms with van der Waals surface area (Å²) in [5.74, 6) is 0.615. The molecule has 3 heteroatoms. The van der Waals surface area contributed by atoms with Gasteiger partial charge in [0.1, 0.15) is 0 Å². The zero-order chi connectivity index (χ0) is 12.9. The van der Waals surface area contributed by atoms with E-state index in [1.807, 2.05) is 0 Å². The SMILES string of the molecule is CCC1(CNCC(=O)NC(C)C(C)C)CCC1. The van der Waals surface area contributed by atoms with Crippen LogP contribution < -0.4 is 10.6 Å². The molecule has 100 valence electrons. The summed E-state index contributed by atoms with van der Waals surface area (Å²) in [7, 11) is 0. The Balaban J connectivity index is 2.16. The average Bonchev–Trinajstić information content (AvgIpc) is 2.21. The zero-order valence-electron chi connectivity index (χ0n) is 11.8. The zero-order valence-corrected chi connectivity index (χ0v) is 11.8. The first kappa shape index (κ1) is 14.5. The molecule has 1 aliphatic carbocycles. The Labute approximate surface area is 106 Å². The highest BCUT2D eigenvalue weighted by Gasteiger charge is 2.34. The lowest BCUT2D eigenvalue weighted by Gasteiger charge is -2.41. The summed E-state index contributed by atoms with van der Waals surface area (Å²) < 4.78 is 0. The van der Waals surface area contributed by atoms with Crippen LogP contribution in [0.2, 0.25) is 0 Å². The van der Waals surface area contributed by atoms with Crippen LogP contribution >= 0.6 is 0 Å². The number of carbonyl (C=O) groups is 1. The number of carbonyl (C=O) groups excluding carboxylic acids is 1. The van der Waals surface area contributed by atoms with E-state index in [0.29, 0.717) is 17.9 Å². The molecule has 1 unspecified atom stereocenters. The Morgan fingerprint density at radius 1 is 1.29 bits per heavy atom. The van der Waals surface area contributed by atoms with Crippen molar-refractivity contribution >= 4 is 5.91 Å². The molecule has 0 bridgehead atoms. The summed E-state index contributed by atoms with van der Waals surface area (Å²) in [6, 6.07) is 0.258. The first-order valence-corrected chi connectivity index (χ1v) is 6.99. The second-order valence-corrected chi connectivity index (χ2v) is 5.91. The van der Waals surface area contributed by atoms with Gasteiger partial charge < -0.3 is 10.6 Å². The van der Waals surface area contributed by atoms with Crippen LogP contribution in [0.5, 0.6) is 0 Å². The molecule has 0 spiro atoms. The van der Waals surface area contributed by atoms with Gasteiger partial charge in [-0.15, -0.1) is 0 Å². The predicted molar refractivity (Wildman–Crippen MR) is 71.9 cm³/mol. The maximum absolute atomic E-state index is 11.7. The Kier molecular flexibility index (Phi) is 5.44. The molecule has 3 nitrogen and oxygen atoms in total. The highest BCUT2D eigenvalue weighted by Crippen LogP contribution is 2.42. The van der Waals surface area contributed by atoms with Crippen LogP contribution in [0.1, 0.15) is 53.4 Å². The number of nitrogens with one attached hydrogen (secondary N) is 2. The van der Waals surface area contributed by atoms with Gasteiger partial charge in [-0.3, -0.25) is 4.79 Å². The van der Waals surface area contributed by atoms with Crippen molar-refractivity contribution < 1.29 is 4.79 Å². The maximum atomic E-state index is 11.7. The fourth-order valence-corrected chi connectivity index (χ4v) is 2.24. The number of hydrogen-bond donors (Lipinski definition) is 2. The molecule has 17 heavy (non-hydrogen) atoms. The Bertz CT molecular complexity index is 241. The van der Waals surface area contributed by atoms with Gasteiger partial charge >= 0.3 is 0 Å². The fraction of sp³-hybridized carbons (Fsp3) is 0.929. The van der Waals surface area contributed by atoms with Crippen LogP contribution in [0.15, 0.2) is 0 Å². The average molecular weight is 240 g/mol. The molecule has 1 rings (SSSR count). The fourth-order valence-electron chi connectivity index (χ4n) is 2.24. The van der Waals surface area contributed by atoms with Gasteiger partial charge in [0.05, 0.1) is 6.54 Å². The van der Waals surface area contributed by atoms with Gasteiger partial charge in [0.2, 0.25) is 5.91 Å². The van der Waals surface area contributed by atoms with Crippen LogP contribution in [-0.2, 0) is 4.79 Å². The standard InChI is InChI=1S/C14H28N2O/c1-5-14(7-6-8-14)10-15-9-13(17)16-12(4)11(2)3/h11-12,15H,5-10H2,1-4H3,(H,16,17). The largest absolute Gasteiger partial charge is 0.352 e. The molecule has 0 saturated heterocycles. The Morgan fingerprint density at radius 2 is 1.94 bits per heavy atom. The maximum Gasteiger partial charge on any atom is 0.234 e. The van der Waals surface area contributed by atoms with E-state index in [2.05, 4.69) is 38.3 Å². The van der Waals surface area contributed by atoms with Crippen molar-refractivity contribution in [2.24, 2.45) is 11.3 Å². The van der Waals surface area contributed by atoms with Crippen LogP contribution in [0.25, 0.3) is 0 Å². The second kappa shape index (κ2) is 6.39. The Morgan fingerprint density at radius 3 is 2.35 bits per heavy atom. The van der Waals surface area contributed by atoms with E-state index in [4.69, 9.17) is 0 Å². The van der Waals surface area contributed by atoms with E-state index in [9.17, 15) is 4.79 Å². The summed E-state index contributed by atoms with van der Waals surface area (Å²) in [6.45, 7) is 10.0. The number of rotatable bonds is 7. The lowest BCUT2D eigenvalue weighted by Crippen LogP contribution is -2.45. The van der Waals surface area contributed by atoms with E-state index in [-0.39, 0.29) is 11.9 Å². The lowest BCUT2D eigenvalue weighted by atomic mass is 9.67. The smallest absolute Gasteiger partial charge is 0.234 e. The molecule has 2 N–H and O–H groups in total. The van der Waals surface area contributed by atoms with Crippen LogP contribution in [-0.4, -0.2) is 25.0 Å². The Hall–Kier alpha value is -0.570. The third-order valence-corrected chi connectivity index (χ3v) is 4.34. The van der Waals surface area contributed by atoms with E-state index < -0.39 is 0 Å². The van der Waals surface area contributed by atoms with Crippen molar-refractivity contribution in [3.63, 3.8) is 0 Å². The molecule has 0 radical (unpaired) electrons. The minimum Gasteiger partial charge on any atom is -0.352 e. The molecule has 0 aromatic rings. The molecule has 0 heterocycles. The van der Waals surface area contributed by atoms with Gasteiger partial charge in [-0.2, -0.15) is 0 Å². The highest BCUT2D eigenvalue weighted by atomic mass is 16.1. The van der Waals surface area contributed by atoms with Crippen molar-refractivity contribution in [1.82, 2.24) is 10.6 Å².